The van der Waals surface area contributed by atoms with E-state index in [1.54, 1.807) is 10.7 Å². The van der Waals surface area contributed by atoms with E-state index in [9.17, 15) is 4.79 Å². The lowest BCUT2D eigenvalue weighted by molar-refractivity contribution is -0.116. The van der Waals surface area contributed by atoms with Gasteiger partial charge in [-0.05, 0) is 48.6 Å². The van der Waals surface area contributed by atoms with Crippen molar-refractivity contribution in [3.8, 4) is 11.1 Å². The van der Waals surface area contributed by atoms with Crippen molar-refractivity contribution in [2.45, 2.75) is 26.7 Å². The summed E-state index contributed by atoms with van der Waals surface area (Å²) >= 11 is 6.35. The van der Waals surface area contributed by atoms with Crippen molar-refractivity contribution in [1.29, 1.82) is 0 Å². The van der Waals surface area contributed by atoms with Crippen LogP contribution in [0.25, 0.3) is 16.8 Å². The van der Waals surface area contributed by atoms with Crippen molar-refractivity contribution >= 4 is 29.0 Å². The summed E-state index contributed by atoms with van der Waals surface area (Å²) < 4.78 is 1.70. The summed E-state index contributed by atoms with van der Waals surface area (Å²) in [4.78, 5) is 17.2. The van der Waals surface area contributed by atoms with Gasteiger partial charge in [-0.15, -0.1) is 5.10 Å². The standard InChI is InChI=1S/C23H21ClN4O/c1-15-13-25-23-21(18-10-8-16(2)19(24)12-18)22(27-28(23)14-15)26-20(29)11-9-17-6-4-3-5-7-17/h3-8,10,12-14H,9,11H2,1-2H3,(H,26,27,29). The topological polar surface area (TPSA) is 59.3 Å². The van der Waals surface area contributed by atoms with Crippen LogP contribution in [0.1, 0.15) is 23.1 Å². The third-order valence-corrected chi connectivity index (χ3v) is 5.21. The fraction of sp³-hybridized carbons (Fsp3) is 0.174. The Kier molecular flexibility index (Phi) is 5.32. The van der Waals surface area contributed by atoms with Crippen molar-refractivity contribution in [3.05, 3.63) is 82.6 Å². The molecule has 6 heteroatoms. The highest BCUT2D eigenvalue weighted by Gasteiger charge is 2.18. The monoisotopic (exact) mass is 404 g/mol. The predicted octanol–water partition coefficient (Wildman–Crippen LogP) is 5.24. The van der Waals surface area contributed by atoms with E-state index in [4.69, 9.17) is 11.6 Å². The van der Waals surface area contributed by atoms with Crippen molar-refractivity contribution in [3.63, 3.8) is 0 Å². The number of amides is 1. The second-order valence-corrected chi connectivity index (χ2v) is 7.53. The zero-order valence-electron chi connectivity index (χ0n) is 16.3. The Morgan fingerprint density at radius 2 is 1.93 bits per heavy atom. The summed E-state index contributed by atoms with van der Waals surface area (Å²) in [6.45, 7) is 3.91. The van der Waals surface area contributed by atoms with Crippen molar-refractivity contribution < 1.29 is 4.79 Å². The number of rotatable bonds is 5. The Hall–Kier alpha value is -3.18. The molecule has 0 fully saturated rings. The molecule has 0 saturated heterocycles. The van der Waals surface area contributed by atoms with E-state index in [1.165, 1.54) is 0 Å². The minimum atomic E-state index is -0.0894. The van der Waals surface area contributed by atoms with E-state index in [0.717, 1.165) is 27.8 Å². The first-order valence-corrected chi connectivity index (χ1v) is 9.84. The van der Waals surface area contributed by atoms with Crippen LogP contribution >= 0.6 is 11.6 Å². The molecule has 0 aliphatic rings. The number of nitrogens with zero attached hydrogens (tertiary/aromatic N) is 3. The summed E-state index contributed by atoms with van der Waals surface area (Å²) in [6.07, 6.45) is 4.72. The Labute approximate surface area is 174 Å². The SMILES string of the molecule is Cc1cnc2c(-c3ccc(C)c(Cl)c3)c(NC(=O)CCc3ccccc3)nn2c1. The van der Waals surface area contributed by atoms with Gasteiger partial charge in [0, 0.05) is 23.8 Å². The maximum atomic E-state index is 12.6. The smallest absolute Gasteiger partial charge is 0.225 e. The molecule has 0 spiro atoms. The summed E-state index contributed by atoms with van der Waals surface area (Å²) in [5.41, 5.74) is 5.40. The quantitative estimate of drug-likeness (QED) is 0.495. The van der Waals surface area contributed by atoms with Gasteiger partial charge in [0.2, 0.25) is 5.91 Å². The molecular formula is C23H21ClN4O. The molecule has 0 atom stereocenters. The zero-order chi connectivity index (χ0) is 20.4. The first-order valence-electron chi connectivity index (χ1n) is 9.46. The van der Waals surface area contributed by atoms with Gasteiger partial charge in [0.25, 0.3) is 0 Å². The summed E-state index contributed by atoms with van der Waals surface area (Å²) in [5.74, 6) is 0.398. The maximum Gasteiger partial charge on any atom is 0.225 e. The number of hydrogen-bond donors (Lipinski definition) is 1. The third-order valence-electron chi connectivity index (χ3n) is 4.80. The first kappa shape index (κ1) is 19.2. The summed E-state index contributed by atoms with van der Waals surface area (Å²) in [5, 5.41) is 8.21. The van der Waals surface area contributed by atoms with E-state index < -0.39 is 0 Å². The van der Waals surface area contributed by atoms with Gasteiger partial charge in [0.15, 0.2) is 11.5 Å². The average Bonchev–Trinajstić information content (AvgIpc) is 3.06. The van der Waals surface area contributed by atoms with E-state index in [2.05, 4.69) is 15.4 Å². The largest absolute Gasteiger partial charge is 0.309 e. The number of halogens is 1. The molecule has 0 aliphatic carbocycles. The average molecular weight is 405 g/mol. The Balaban J connectivity index is 1.67. The lowest BCUT2D eigenvalue weighted by Gasteiger charge is -2.07. The molecular weight excluding hydrogens is 384 g/mol. The molecule has 2 heterocycles. The van der Waals surface area contributed by atoms with E-state index in [0.29, 0.717) is 29.3 Å². The minimum absolute atomic E-state index is 0.0894. The van der Waals surface area contributed by atoms with Gasteiger partial charge in [-0.25, -0.2) is 9.50 Å². The molecule has 146 valence electrons. The van der Waals surface area contributed by atoms with Crippen LogP contribution in [-0.4, -0.2) is 20.5 Å². The van der Waals surface area contributed by atoms with Crippen molar-refractivity contribution in [1.82, 2.24) is 14.6 Å². The van der Waals surface area contributed by atoms with Crippen molar-refractivity contribution in [2.75, 3.05) is 5.32 Å². The van der Waals surface area contributed by atoms with Crippen LogP contribution in [0.5, 0.6) is 0 Å². The number of nitrogens with one attached hydrogen (secondary N) is 1. The normalized spacial score (nSPS) is 11.0. The van der Waals surface area contributed by atoms with Crippen molar-refractivity contribution in [2.24, 2.45) is 0 Å². The number of carbonyl (C=O) groups excluding carboxylic acids is 1. The van der Waals surface area contributed by atoms with E-state index >= 15 is 0 Å². The number of benzene rings is 2. The predicted molar refractivity (Wildman–Crippen MR) is 116 cm³/mol. The number of carbonyl (C=O) groups is 1. The molecule has 0 saturated carbocycles. The van der Waals surface area contributed by atoms with Crippen LogP contribution in [0.4, 0.5) is 5.82 Å². The molecule has 4 aromatic rings. The summed E-state index contributed by atoms with van der Waals surface area (Å²) in [6, 6.07) is 15.8. The molecule has 0 radical (unpaired) electrons. The lowest BCUT2D eigenvalue weighted by atomic mass is 10.1. The molecule has 1 N–H and O–H groups in total. The lowest BCUT2D eigenvalue weighted by Crippen LogP contribution is -2.13. The number of fused-ring (bicyclic) bond motifs is 1. The van der Waals surface area contributed by atoms with Crippen LogP contribution in [0.2, 0.25) is 5.02 Å². The second-order valence-electron chi connectivity index (χ2n) is 7.12. The summed E-state index contributed by atoms with van der Waals surface area (Å²) in [7, 11) is 0. The second kappa shape index (κ2) is 8.05. The molecule has 0 aliphatic heterocycles. The molecule has 4 rings (SSSR count). The molecule has 29 heavy (non-hydrogen) atoms. The fourth-order valence-electron chi connectivity index (χ4n) is 3.23. The van der Waals surface area contributed by atoms with Gasteiger partial charge in [-0.3, -0.25) is 4.79 Å². The highest BCUT2D eigenvalue weighted by Crippen LogP contribution is 2.33. The number of aryl methyl sites for hydroxylation is 3. The van der Waals surface area contributed by atoms with Gasteiger partial charge < -0.3 is 5.32 Å². The molecule has 0 bridgehead atoms. The first-order chi connectivity index (χ1) is 14.0. The van der Waals surface area contributed by atoms with E-state index in [1.807, 2.05) is 68.6 Å². The van der Waals surface area contributed by atoms with Gasteiger partial charge in [0.1, 0.15) is 0 Å². The third kappa shape index (κ3) is 4.15. The maximum absolute atomic E-state index is 12.6. The highest BCUT2D eigenvalue weighted by atomic mass is 35.5. The van der Waals surface area contributed by atoms with Gasteiger partial charge >= 0.3 is 0 Å². The van der Waals surface area contributed by atoms with Crippen LogP contribution in [-0.2, 0) is 11.2 Å². The minimum Gasteiger partial charge on any atom is -0.309 e. The zero-order valence-corrected chi connectivity index (χ0v) is 17.1. The van der Waals surface area contributed by atoms with Crippen LogP contribution in [0, 0.1) is 13.8 Å². The highest BCUT2D eigenvalue weighted by molar-refractivity contribution is 6.31. The molecule has 1 amide bonds. The van der Waals surface area contributed by atoms with Crippen LogP contribution < -0.4 is 5.32 Å². The fourth-order valence-corrected chi connectivity index (χ4v) is 3.41. The van der Waals surface area contributed by atoms with Gasteiger partial charge in [-0.1, -0.05) is 54.1 Å². The van der Waals surface area contributed by atoms with E-state index in [-0.39, 0.29) is 5.91 Å². The van der Waals surface area contributed by atoms with Crippen LogP contribution in [0.15, 0.2) is 60.9 Å². The number of aromatic nitrogens is 3. The molecule has 0 unspecified atom stereocenters. The number of anilines is 1. The van der Waals surface area contributed by atoms with Crippen LogP contribution in [0.3, 0.4) is 0 Å². The Bertz CT molecular complexity index is 1180. The Morgan fingerprint density at radius 3 is 2.69 bits per heavy atom. The van der Waals surface area contributed by atoms with Gasteiger partial charge in [0.05, 0.1) is 5.56 Å². The molecule has 2 aromatic heterocycles. The number of hydrogen-bond acceptors (Lipinski definition) is 3. The molecule has 2 aromatic carbocycles. The molecule has 5 nitrogen and oxygen atoms in total. The van der Waals surface area contributed by atoms with Gasteiger partial charge in [-0.2, -0.15) is 0 Å². The Morgan fingerprint density at radius 1 is 1.14 bits per heavy atom.